The van der Waals surface area contributed by atoms with Crippen molar-refractivity contribution >= 4 is 17.3 Å². The molecule has 2 N–H and O–H groups in total. The van der Waals surface area contributed by atoms with Crippen LogP contribution < -0.4 is 15.2 Å². The van der Waals surface area contributed by atoms with Crippen molar-refractivity contribution in [1.82, 2.24) is 0 Å². The molecule has 0 aromatic heterocycles. The average Bonchev–Trinajstić information content (AvgIpc) is 2.53. The molecule has 0 saturated carbocycles. The minimum atomic E-state index is 0.540. The first-order valence-electron chi connectivity index (χ1n) is 6.37. The molecule has 2 aromatic rings. The van der Waals surface area contributed by atoms with Gasteiger partial charge in [0.2, 0.25) is 0 Å². The SMILES string of the molecule is COc1ccc(/C(C#N)=C\c2ccc(OC)c(N)c2)cc1. The Balaban J connectivity index is 2.36. The van der Waals surface area contributed by atoms with E-state index >= 15 is 0 Å². The summed E-state index contributed by atoms with van der Waals surface area (Å²) >= 11 is 0. The first-order valence-corrected chi connectivity index (χ1v) is 6.37. The first kappa shape index (κ1) is 14.5. The summed E-state index contributed by atoms with van der Waals surface area (Å²) in [6.07, 6.45) is 1.79. The fourth-order valence-corrected chi connectivity index (χ4v) is 1.96. The molecule has 0 unspecified atom stereocenters. The lowest BCUT2D eigenvalue weighted by atomic mass is 10.0. The number of hydrogen-bond donors (Lipinski definition) is 1. The van der Waals surface area contributed by atoms with E-state index in [1.165, 1.54) is 0 Å². The zero-order valence-electron chi connectivity index (χ0n) is 12.0. The Morgan fingerprint density at radius 2 is 1.81 bits per heavy atom. The van der Waals surface area contributed by atoms with E-state index in [1.807, 2.05) is 30.3 Å². The summed E-state index contributed by atoms with van der Waals surface area (Å²) in [6.45, 7) is 0. The molecular formula is C17H16N2O2. The number of methoxy groups -OCH3 is 2. The maximum absolute atomic E-state index is 9.33. The van der Waals surface area contributed by atoms with E-state index in [2.05, 4.69) is 6.07 Å². The largest absolute Gasteiger partial charge is 0.497 e. The van der Waals surface area contributed by atoms with Crippen LogP contribution in [0.1, 0.15) is 11.1 Å². The lowest BCUT2D eigenvalue weighted by Gasteiger charge is -2.06. The van der Waals surface area contributed by atoms with Crippen LogP contribution in [0.4, 0.5) is 5.69 Å². The number of anilines is 1. The van der Waals surface area contributed by atoms with Crippen molar-refractivity contribution in [2.75, 3.05) is 20.0 Å². The molecule has 4 nitrogen and oxygen atoms in total. The van der Waals surface area contributed by atoms with Crippen LogP contribution in [0.15, 0.2) is 42.5 Å². The lowest BCUT2D eigenvalue weighted by molar-refractivity contribution is 0.415. The Morgan fingerprint density at radius 1 is 1.10 bits per heavy atom. The lowest BCUT2D eigenvalue weighted by Crippen LogP contribution is -1.92. The quantitative estimate of drug-likeness (QED) is 0.530. The smallest absolute Gasteiger partial charge is 0.141 e. The maximum Gasteiger partial charge on any atom is 0.141 e. The van der Waals surface area contributed by atoms with Gasteiger partial charge in [-0.25, -0.2) is 0 Å². The summed E-state index contributed by atoms with van der Waals surface area (Å²) in [6, 6.07) is 15.0. The molecule has 106 valence electrons. The highest BCUT2D eigenvalue weighted by molar-refractivity contribution is 5.90. The number of rotatable bonds is 4. The number of hydrogen-bond acceptors (Lipinski definition) is 4. The Hall–Kier alpha value is -2.93. The standard InChI is InChI=1S/C17H16N2O2/c1-20-15-6-4-13(5-7-15)14(11-18)9-12-3-8-17(21-2)16(19)10-12/h3-10H,19H2,1-2H3/b14-9-. The summed E-state index contributed by atoms with van der Waals surface area (Å²) in [7, 11) is 3.18. The molecule has 4 heteroatoms. The molecule has 0 fully saturated rings. The summed E-state index contributed by atoms with van der Waals surface area (Å²) in [4.78, 5) is 0. The second-order valence-corrected chi connectivity index (χ2v) is 4.40. The third-order valence-electron chi connectivity index (χ3n) is 3.09. The van der Waals surface area contributed by atoms with Crippen molar-refractivity contribution in [3.05, 3.63) is 53.6 Å². The first-order chi connectivity index (χ1) is 10.2. The van der Waals surface area contributed by atoms with Crippen LogP contribution in [0, 0.1) is 11.3 Å². The van der Waals surface area contributed by atoms with E-state index in [1.54, 1.807) is 32.4 Å². The minimum absolute atomic E-state index is 0.540. The monoisotopic (exact) mass is 280 g/mol. The Kier molecular flexibility index (Phi) is 4.47. The number of benzene rings is 2. The molecule has 0 bridgehead atoms. The number of ether oxygens (including phenoxy) is 2. The molecular weight excluding hydrogens is 264 g/mol. The van der Waals surface area contributed by atoms with Crippen LogP contribution >= 0.6 is 0 Å². The van der Waals surface area contributed by atoms with Gasteiger partial charge in [0.25, 0.3) is 0 Å². The third kappa shape index (κ3) is 3.34. The third-order valence-corrected chi connectivity index (χ3v) is 3.09. The predicted molar refractivity (Wildman–Crippen MR) is 83.9 cm³/mol. The molecule has 0 heterocycles. The van der Waals surface area contributed by atoms with Gasteiger partial charge >= 0.3 is 0 Å². The molecule has 0 atom stereocenters. The van der Waals surface area contributed by atoms with Crippen LogP contribution in [0.3, 0.4) is 0 Å². The highest BCUT2D eigenvalue weighted by Crippen LogP contribution is 2.25. The van der Waals surface area contributed by atoms with Crippen molar-refractivity contribution in [3.8, 4) is 17.6 Å². The summed E-state index contributed by atoms with van der Waals surface area (Å²) in [5, 5.41) is 9.33. The number of nitrogen functional groups attached to an aromatic ring is 1. The van der Waals surface area contributed by atoms with E-state index in [9.17, 15) is 5.26 Å². The number of nitrogens with two attached hydrogens (primary N) is 1. The normalized spacial score (nSPS) is 10.8. The van der Waals surface area contributed by atoms with E-state index in [0.717, 1.165) is 16.9 Å². The molecule has 2 aromatic carbocycles. The zero-order valence-corrected chi connectivity index (χ0v) is 12.0. The van der Waals surface area contributed by atoms with Gasteiger partial charge in [0.05, 0.1) is 31.5 Å². The van der Waals surface area contributed by atoms with Gasteiger partial charge < -0.3 is 15.2 Å². The van der Waals surface area contributed by atoms with Crippen molar-refractivity contribution in [1.29, 1.82) is 5.26 Å². The molecule has 0 spiro atoms. The highest BCUT2D eigenvalue weighted by Gasteiger charge is 2.04. The average molecular weight is 280 g/mol. The van der Waals surface area contributed by atoms with Gasteiger partial charge in [0.1, 0.15) is 11.5 Å². The molecule has 0 saturated heterocycles. The molecule has 0 aliphatic heterocycles. The summed E-state index contributed by atoms with van der Waals surface area (Å²) in [5.74, 6) is 1.37. The molecule has 0 aliphatic carbocycles. The summed E-state index contributed by atoms with van der Waals surface area (Å²) < 4.78 is 10.2. The Labute approximate surface area is 124 Å². The number of allylic oxidation sites excluding steroid dienone is 1. The van der Waals surface area contributed by atoms with Crippen molar-refractivity contribution in [2.45, 2.75) is 0 Å². The fraction of sp³-hybridized carbons (Fsp3) is 0.118. The number of nitrogens with zero attached hydrogens (tertiary/aromatic N) is 1. The Bertz CT molecular complexity index is 698. The van der Waals surface area contributed by atoms with E-state index < -0.39 is 0 Å². The topological polar surface area (TPSA) is 68.3 Å². The predicted octanol–water partition coefficient (Wildman–Crippen LogP) is 3.35. The van der Waals surface area contributed by atoms with Crippen LogP contribution in [-0.4, -0.2) is 14.2 Å². The van der Waals surface area contributed by atoms with E-state index in [-0.39, 0.29) is 0 Å². The second kappa shape index (κ2) is 6.49. The molecule has 21 heavy (non-hydrogen) atoms. The van der Waals surface area contributed by atoms with Gasteiger partial charge in [-0.2, -0.15) is 5.26 Å². The van der Waals surface area contributed by atoms with Crippen molar-refractivity contribution in [3.63, 3.8) is 0 Å². The van der Waals surface area contributed by atoms with Crippen molar-refractivity contribution < 1.29 is 9.47 Å². The van der Waals surface area contributed by atoms with Crippen LogP contribution in [-0.2, 0) is 0 Å². The van der Waals surface area contributed by atoms with Gasteiger partial charge in [0.15, 0.2) is 0 Å². The number of nitriles is 1. The molecule has 0 aliphatic rings. The minimum Gasteiger partial charge on any atom is -0.497 e. The fourth-order valence-electron chi connectivity index (χ4n) is 1.96. The summed E-state index contributed by atoms with van der Waals surface area (Å²) in [5.41, 5.74) is 8.64. The van der Waals surface area contributed by atoms with Crippen LogP contribution in [0.25, 0.3) is 11.6 Å². The van der Waals surface area contributed by atoms with Crippen LogP contribution in [0.2, 0.25) is 0 Å². The molecule has 0 amide bonds. The van der Waals surface area contributed by atoms with Crippen molar-refractivity contribution in [2.24, 2.45) is 0 Å². The maximum atomic E-state index is 9.33. The molecule has 2 rings (SSSR count). The van der Waals surface area contributed by atoms with Gasteiger partial charge in [-0.15, -0.1) is 0 Å². The van der Waals surface area contributed by atoms with Gasteiger partial charge in [-0.1, -0.05) is 6.07 Å². The van der Waals surface area contributed by atoms with Gasteiger partial charge in [-0.3, -0.25) is 0 Å². The van der Waals surface area contributed by atoms with E-state index in [0.29, 0.717) is 17.0 Å². The second-order valence-electron chi connectivity index (χ2n) is 4.40. The highest BCUT2D eigenvalue weighted by atomic mass is 16.5. The zero-order chi connectivity index (χ0) is 15.2. The van der Waals surface area contributed by atoms with Crippen LogP contribution in [0.5, 0.6) is 11.5 Å². The molecule has 0 radical (unpaired) electrons. The van der Waals surface area contributed by atoms with Gasteiger partial charge in [-0.05, 0) is 53.6 Å². The van der Waals surface area contributed by atoms with Gasteiger partial charge in [0, 0.05) is 0 Å². The van der Waals surface area contributed by atoms with E-state index in [4.69, 9.17) is 15.2 Å². The Morgan fingerprint density at radius 3 is 2.33 bits per heavy atom.